The van der Waals surface area contributed by atoms with Crippen molar-refractivity contribution in [1.82, 2.24) is 5.32 Å². The molecule has 16 heavy (non-hydrogen) atoms. The summed E-state index contributed by atoms with van der Waals surface area (Å²) in [4.78, 5) is 15.1. The number of nitrogens with one attached hydrogen (secondary N) is 1. The summed E-state index contributed by atoms with van der Waals surface area (Å²) in [5.41, 5.74) is 0. The molecule has 1 amide bonds. The van der Waals surface area contributed by atoms with E-state index in [9.17, 15) is 13.2 Å². The van der Waals surface area contributed by atoms with E-state index in [1.807, 2.05) is 0 Å². The smallest absolute Gasteiger partial charge is 0.323 e. The lowest BCUT2D eigenvalue weighted by molar-refractivity contribution is 0.153. The van der Waals surface area contributed by atoms with Crippen LogP contribution in [0.5, 0.6) is 0 Å². The van der Waals surface area contributed by atoms with Crippen LogP contribution in [0.4, 0.5) is 4.79 Å². The minimum atomic E-state index is -3.51. The van der Waals surface area contributed by atoms with E-state index in [0.29, 0.717) is 6.42 Å². The number of hydrogen-bond donors (Lipinski definition) is 1. The summed E-state index contributed by atoms with van der Waals surface area (Å²) in [6.07, 6.45) is 1.28. The Kier molecular flexibility index (Phi) is 6.40. The van der Waals surface area contributed by atoms with Crippen LogP contribution in [-0.2, 0) is 14.7 Å². The summed E-state index contributed by atoms with van der Waals surface area (Å²) >= 11 is 0. The number of rotatable bonds is 5. The first-order valence-corrected chi connectivity index (χ1v) is 6.42. The van der Waals surface area contributed by atoms with E-state index in [0.717, 1.165) is 0 Å². The third kappa shape index (κ3) is 4.92. The van der Waals surface area contributed by atoms with Crippen molar-refractivity contribution in [3.05, 3.63) is 12.7 Å². The number of nitrogens with zero attached hydrogens (tertiary/aromatic N) is 1. The van der Waals surface area contributed by atoms with Crippen molar-refractivity contribution in [1.29, 1.82) is 0 Å². The van der Waals surface area contributed by atoms with Gasteiger partial charge >= 0.3 is 6.09 Å². The third-order valence-electron chi connectivity index (χ3n) is 1.59. The van der Waals surface area contributed by atoms with Crippen LogP contribution in [0.15, 0.2) is 17.8 Å². The van der Waals surface area contributed by atoms with Gasteiger partial charge in [0.1, 0.15) is 0 Å². The molecule has 0 rings (SSSR count). The van der Waals surface area contributed by atoms with Gasteiger partial charge in [-0.3, -0.25) is 4.84 Å². The number of oxime groups is 1. The third-order valence-corrected chi connectivity index (χ3v) is 3.27. The zero-order valence-electron chi connectivity index (χ0n) is 9.39. The van der Waals surface area contributed by atoms with Gasteiger partial charge in [0.05, 0.1) is 5.75 Å². The Morgan fingerprint density at radius 1 is 1.56 bits per heavy atom. The highest BCUT2D eigenvalue weighted by Crippen LogP contribution is 2.04. The van der Waals surface area contributed by atoms with Crippen LogP contribution >= 0.6 is 0 Å². The van der Waals surface area contributed by atoms with E-state index in [4.69, 9.17) is 0 Å². The maximum absolute atomic E-state index is 11.6. The van der Waals surface area contributed by atoms with Crippen LogP contribution < -0.4 is 5.32 Å². The minimum absolute atomic E-state index is 0.140. The Balaban J connectivity index is 4.85. The number of sulfone groups is 1. The quantitative estimate of drug-likeness (QED) is 0.259. The van der Waals surface area contributed by atoms with Crippen LogP contribution in [0.1, 0.15) is 19.8 Å². The second kappa shape index (κ2) is 7.00. The van der Waals surface area contributed by atoms with Gasteiger partial charge in [0.15, 0.2) is 14.9 Å². The molecule has 1 N–H and O–H groups in total. The summed E-state index contributed by atoms with van der Waals surface area (Å²) in [6, 6.07) is 0. The van der Waals surface area contributed by atoms with Crippen LogP contribution in [0.25, 0.3) is 0 Å². The molecule has 0 atom stereocenters. The SMILES string of the molecule is C=CCS(=O)(=O)C(CCC)=NOC(=O)NC. The number of carbonyl (C=O) groups is 1. The highest BCUT2D eigenvalue weighted by atomic mass is 32.2. The molecule has 0 aliphatic carbocycles. The van der Waals surface area contributed by atoms with Crippen LogP contribution in [-0.4, -0.2) is 32.4 Å². The molecule has 0 saturated heterocycles. The average Bonchev–Trinajstić information content (AvgIpc) is 2.23. The maximum atomic E-state index is 11.6. The monoisotopic (exact) mass is 248 g/mol. The largest absolute Gasteiger partial charge is 0.433 e. The van der Waals surface area contributed by atoms with Gasteiger partial charge in [-0.15, -0.1) is 6.58 Å². The van der Waals surface area contributed by atoms with E-state index < -0.39 is 15.9 Å². The zero-order valence-corrected chi connectivity index (χ0v) is 10.2. The molecule has 0 aromatic rings. The molecule has 0 saturated carbocycles. The molecule has 6 nitrogen and oxygen atoms in total. The highest BCUT2D eigenvalue weighted by Gasteiger charge is 2.18. The van der Waals surface area contributed by atoms with Gasteiger partial charge in [0.2, 0.25) is 0 Å². The van der Waals surface area contributed by atoms with Crippen molar-refractivity contribution in [3.63, 3.8) is 0 Å². The van der Waals surface area contributed by atoms with Crippen molar-refractivity contribution < 1.29 is 18.0 Å². The molecule has 0 fully saturated rings. The van der Waals surface area contributed by atoms with E-state index in [2.05, 4.69) is 21.9 Å². The second-order valence-electron chi connectivity index (χ2n) is 2.93. The summed E-state index contributed by atoms with van der Waals surface area (Å²) < 4.78 is 23.2. The molecule has 0 aromatic carbocycles. The Labute approximate surface area is 95.3 Å². The predicted octanol–water partition coefficient (Wildman–Crippen LogP) is 1.06. The molecule has 0 heterocycles. The van der Waals surface area contributed by atoms with Crippen LogP contribution in [0.3, 0.4) is 0 Å². The molecular formula is C9H16N2O4S. The molecular weight excluding hydrogens is 232 g/mol. The molecule has 7 heteroatoms. The first kappa shape index (κ1) is 14.6. The van der Waals surface area contributed by atoms with Gasteiger partial charge < -0.3 is 5.32 Å². The lowest BCUT2D eigenvalue weighted by Gasteiger charge is -2.04. The Bertz CT molecular complexity index is 373. The summed E-state index contributed by atoms with van der Waals surface area (Å²) in [5, 5.41) is 5.37. The van der Waals surface area contributed by atoms with E-state index in [1.165, 1.54) is 13.1 Å². The number of carbonyl (C=O) groups excluding carboxylic acids is 1. The number of amides is 1. The van der Waals surface area contributed by atoms with Gasteiger partial charge in [-0.25, -0.2) is 13.2 Å². The van der Waals surface area contributed by atoms with Gasteiger partial charge in [0.25, 0.3) is 0 Å². The van der Waals surface area contributed by atoms with E-state index >= 15 is 0 Å². The number of hydrogen-bond acceptors (Lipinski definition) is 5. The van der Waals surface area contributed by atoms with Crippen molar-refractivity contribution >= 4 is 21.0 Å². The normalized spacial score (nSPS) is 12.0. The standard InChI is InChI=1S/C9H16N2O4S/c1-4-6-8(11-15-9(12)10-3)16(13,14)7-5-2/h5H,2,4,6-7H2,1,3H3,(H,10,12). The predicted molar refractivity (Wildman–Crippen MR) is 61.9 cm³/mol. The maximum Gasteiger partial charge on any atom is 0.433 e. The molecule has 0 aromatic heterocycles. The summed E-state index contributed by atoms with van der Waals surface area (Å²) in [7, 11) is -2.15. The Morgan fingerprint density at radius 2 is 2.19 bits per heavy atom. The van der Waals surface area contributed by atoms with Crippen molar-refractivity contribution in [2.24, 2.45) is 5.16 Å². The van der Waals surface area contributed by atoms with Gasteiger partial charge in [-0.2, -0.15) is 0 Å². The average molecular weight is 248 g/mol. The van der Waals surface area contributed by atoms with Crippen molar-refractivity contribution in [3.8, 4) is 0 Å². The summed E-state index contributed by atoms with van der Waals surface area (Å²) in [5.74, 6) is -0.219. The molecule has 92 valence electrons. The summed E-state index contributed by atoms with van der Waals surface area (Å²) in [6.45, 7) is 5.15. The highest BCUT2D eigenvalue weighted by molar-refractivity contribution is 8.06. The van der Waals surface area contributed by atoms with Gasteiger partial charge in [0, 0.05) is 13.5 Å². The molecule has 0 bridgehead atoms. The Hall–Kier alpha value is -1.37. The van der Waals surface area contributed by atoms with Crippen molar-refractivity contribution in [2.75, 3.05) is 12.8 Å². The lowest BCUT2D eigenvalue weighted by Crippen LogP contribution is -2.21. The van der Waals surface area contributed by atoms with Crippen molar-refractivity contribution in [2.45, 2.75) is 19.8 Å². The van der Waals surface area contributed by atoms with E-state index in [-0.39, 0.29) is 17.2 Å². The van der Waals surface area contributed by atoms with E-state index in [1.54, 1.807) is 6.92 Å². The minimum Gasteiger partial charge on any atom is -0.323 e. The first-order chi connectivity index (χ1) is 7.47. The fourth-order valence-corrected chi connectivity index (χ4v) is 2.03. The molecule has 0 aliphatic rings. The fraction of sp³-hybridized carbons (Fsp3) is 0.556. The lowest BCUT2D eigenvalue weighted by atomic mass is 10.4. The Morgan fingerprint density at radius 3 is 2.62 bits per heavy atom. The molecule has 0 aliphatic heterocycles. The van der Waals surface area contributed by atoms with Gasteiger partial charge in [-0.05, 0) is 6.42 Å². The second-order valence-corrected chi connectivity index (χ2v) is 4.97. The molecule has 0 radical (unpaired) electrons. The first-order valence-electron chi connectivity index (χ1n) is 4.77. The molecule has 0 spiro atoms. The van der Waals surface area contributed by atoms with Crippen LogP contribution in [0, 0.1) is 0 Å². The molecule has 0 unspecified atom stereocenters. The fourth-order valence-electron chi connectivity index (χ4n) is 0.861. The van der Waals surface area contributed by atoms with Crippen LogP contribution in [0.2, 0.25) is 0 Å². The topological polar surface area (TPSA) is 84.8 Å². The zero-order chi connectivity index (χ0) is 12.6. The van der Waals surface area contributed by atoms with Gasteiger partial charge in [-0.1, -0.05) is 18.2 Å².